The van der Waals surface area contributed by atoms with Gasteiger partial charge in [-0.3, -0.25) is 4.79 Å². The third-order valence-electron chi connectivity index (χ3n) is 6.62. The van der Waals surface area contributed by atoms with E-state index in [9.17, 15) is 25.2 Å². The minimum Gasteiger partial charge on any atom is -0.506 e. The monoisotopic (exact) mass is 522 g/mol. The molecule has 0 fully saturated rings. The first-order valence-electron chi connectivity index (χ1n) is 12.9. The van der Waals surface area contributed by atoms with E-state index in [-0.39, 0.29) is 36.0 Å². The number of aliphatic hydroxyl groups is 4. The quantitative estimate of drug-likeness (QED) is 0.268. The minimum atomic E-state index is -0.501. The lowest BCUT2D eigenvalue weighted by Gasteiger charge is -2.24. The largest absolute Gasteiger partial charge is 0.506 e. The van der Waals surface area contributed by atoms with Crippen molar-refractivity contribution in [2.24, 2.45) is 4.99 Å². The molecule has 0 aliphatic heterocycles. The topological polar surface area (TPSA) is 129 Å². The van der Waals surface area contributed by atoms with Crippen LogP contribution in [0.3, 0.4) is 0 Å². The maximum Gasteiger partial charge on any atom is 0.206 e. The number of hydrogen-bond acceptors (Lipinski definition) is 9. The molecule has 0 bridgehead atoms. The minimum absolute atomic E-state index is 0.0474. The lowest BCUT2D eigenvalue weighted by atomic mass is 9.97. The number of aliphatic hydroxyl groups excluding tert-OH is 4. The molecule has 3 rings (SSSR count). The Hall–Kier alpha value is -3.66. The number of aliphatic imine (C=N–C) groups is 1. The average molecular weight is 523 g/mol. The molecule has 9 nitrogen and oxygen atoms in total. The highest BCUT2D eigenvalue weighted by atomic mass is 16.3. The molecule has 0 unspecified atom stereocenters. The van der Waals surface area contributed by atoms with Gasteiger partial charge in [-0.05, 0) is 75.2 Å². The van der Waals surface area contributed by atoms with Gasteiger partial charge in [-0.25, -0.2) is 4.99 Å². The first kappa shape index (κ1) is 28.9. The summed E-state index contributed by atoms with van der Waals surface area (Å²) in [5.41, 5.74) is 5.37. The third kappa shape index (κ3) is 6.42. The molecule has 2 aromatic carbocycles. The Morgan fingerprint density at radius 3 is 1.95 bits per heavy atom. The van der Waals surface area contributed by atoms with Crippen LogP contribution in [-0.4, -0.2) is 77.9 Å². The van der Waals surface area contributed by atoms with Crippen LogP contribution in [0, 0.1) is 13.8 Å². The predicted molar refractivity (Wildman–Crippen MR) is 153 cm³/mol. The van der Waals surface area contributed by atoms with Gasteiger partial charge in [-0.1, -0.05) is 0 Å². The van der Waals surface area contributed by atoms with Crippen molar-refractivity contribution in [3.05, 3.63) is 70.6 Å². The van der Waals surface area contributed by atoms with Gasteiger partial charge < -0.3 is 35.5 Å². The second-order valence-corrected chi connectivity index (χ2v) is 9.07. The van der Waals surface area contributed by atoms with Crippen molar-refractivity contribution in [2.75, 3.05) is 61.1 Å². The number of aryl methyl sites for hydroxylation is 2. The van der Waals surface area contributed by atoms with Crippen molar-refractivity contribution in [3.63, 3.8) is 0 Å². The highest BCUT2D eigenvalue weighted by Crippen LogP contribution is 2.30. The first-order valence-corrected chi connectivity index (χ1v) is 12.9. The maximum atomic E-state index is 12.9. The fourth-order valence-electron chi connectivity index (χ4n) is 4.48. The Balaban J connectivity index is 1.98. The molecule has 204 valence electrons. The molecule has 38 heavy (non-hydrogen) atoms. The molecule has 1 aliphatic carbocycles. The predicted octanol–water partition coefficient (Wildman–Crippen LogP) is 3.40. The van der Waals surface area contributed by atoms with Crippen LogP contribution in [-0.2, 0) is 4.79 Å². The van der Waals surface area contributed by atoms with Crippen LogP contribution in [0.4, 0.5) is 22.7 Å². The van der Waals surface area contributed by atoms with Gasteiger partial charge in [0.25, 0.3) is 0 Å². The van der Waals surface area contributed by atoms with Crippen molar-refractivity contribution in [2.45, 2.75) is 27.7 Å². The van der Waals surface area contributed by atoms with E-state index in [2.05, 4.69) is 10.3 Å². The van der Waals surface area contributed by atoms with Crippen molar-refractivity contribution in [3.8, 4) is 0 Å². The van der Waals surface area contributed by atoms with Crippen molar-refractivity contribution in [1.29, 1.82) is 0 Å². The standard InChI is InChI=1S/C29H38N4O5/c1-5-32(11-13-34)21-7-9-24(19(3)15-21)30-28-23(18-36)29(27(38)17-26(28)37)31-25-10-8-22(16-20(25)4)33(6-2)12-14-35/h7-10,15-17,30,34-36,38H,5-6,11-14,18H2,1-4H3/b31-29+. The zero-order valence-electron chi connectivity index (χ0n) is 22.5. The number of carbonyl (C=O) groups excluding carboxylic acids is 1. The van der Waals surface area contributed by atoms with Gasteiger partial charge in [0.05, 0.1) is 31.2 Å². The van der Waals surface area contributed by atoms with Gasteiger partial charge in [0, 0.05) is 54.9 Å². The smallest absolute Gasteiger partial charge is 0.206 e. The van der Waals surface area contributed by atoms with Gasteiger partial charge in [-0.2, -0.15) is 0 Å². The molecule has 0 heterocycles. The van der Waals surface area contributed by atoms with E-state index in [1.165, 1.54) is 0 Å². The number of hydrogen-bond donors (Lipinski definition) is 5. The van der Waals surface area contributed by atoms with Gasteiger partial charge in [0.1, 0.15) is 11.5 Å². The Labute approximate surface area is 224 Å². The summed E-state index contributed by atoms with van der Waals surface area (Å²) in [4.78, 5) is 21.6. The van der Waals surface area contributed by atoms with Crippen LogP contribution >= 0.6 is 0 Å². The Morgan fingerprint density at radius 1 is 0.868 bits per heavy atom. The van der Waals surface area contributed by atoms with Crippen LogP contribution in [0.25, 0.3) is 0 Å². The summed E-state index contributed by atoms with van der Waals surface area (Å²) in [6.07, 6.45) is 1.11. The van der Waals surface area contributed by atoms with E-state index in [1.54, 1.807) is 0 Å². The molecule has 0 spiro atoms. The number of rotatable bonds is 12. The second-order valence-electron chi connectivity index (χ2n) is 9.07. The van der Waals surface area contributed by atoms with Crippen LogP contribution in [0.2, 0.25) is 0 Å². The summed E-state index contributed by atoms with van der Waals surface area (Å²) in [6.45, 7) is 9.94. The number of benzene rings is 2. The average Bonchev–Trinajstić information content (AvgIpc) is 2.90. The lowest BCUT2D eigenvalue weighted by molar-refractivity contribution is -0.111. The summed E-state index contributed by atoms with van der Waals surface area (Å²) in [7, 11) is 0. The molecule has 0 atom stereocenters. The molecular weight excluding hydrogens is 484 g/mol. The Bertz CT molecular complexity index is 1250. The fourth-order valence-corrected chi connectivity index (χ4v) is 4.48. The van der Waals surface area contributed by atoms with Gasteiger partial charge in [-0.15, -0.1) is 0 Å². The molecule has 0 saturated heterocycles. The molecule has 0 amide bonds. The maximum absolute atomic E-state index is 12.9. The van der Waals surface area contributed by atoms with E-state index >= 15 is 0 Å². The molecule has 2 aromatic rings. The summed E-state index contributed by atoms with van der Waals surface area (Å²) < 4.78 is 0. The molecule has 0 saturated carbocycles. The SMILES string of the molecule is CCN(CCO)c1ccc(/N=C2/C(O)=CC(=O)C(Nc3ccc(N(CC)CCO)cc3C)=C2CO)c(C)c1. The number of nitrogens with zero attached hydrogens (tertiary/aromatic N) is 3. The normalized spacial score (nSPS) is 14.7. The highest BCUT2D eigenvalue weighted by molar-refractivity contribution is 6.25. The van der Waals surface area contributed by atoms with E-state index in [0.717, 1.165) is 41.7 Å². The molecule has 0 radical (unpaired) electrons. The third-order valence-corrected chi connectivity index (χ3v) is 6.62. The molecule has 0 aromatic heterocycles. The number of anilines is 3. The first-order chi connectivity index (χ1) is 18.3. The van der Waals surface area contributed by atoms with Gasteiger partial charge in [0.15, 0.2) is 0 Å². The summed E-state index contributed by atoms with van der Waals surface area (Å²) >= 11 is 0. The number of nitrogens with one attached hydrogen (secondary N) is 1. The number of carbonyl (C=O) groups is 1. The lowest BCUT2D eigenvalue weighted by Crippen LogP contribution is -2.27. The van der Waals surface area contributed by atoms with E-state index in [0.29, 0.717) is 24.5 Å². The van der Waals surface area contributed by atoms with E-state index in [4.69, 9.17) is 0 Å². The molecular formula is C29H38N4O5. The van der Waals surface area contributed by atoms with Crippen LogP contribution < -0.4 is 15.1 Å². The Kier molecular flexibility index (Phi) is 10.1. The summed E-state index contributed by atoms with van der Waals surface area (Å²) in [5, 5.41) is 42.7. The van der Waals surface area contributed by atoms with Crippen LogP contribution in [0.5, 0.6) is 0 Å². The van der Waals surface area contributed by atoms with Crippen LogP contribution in [0.15, 0.2) is 64.5 Å². The summed E-state index contributed by atoms with van der Waals surface area (Å²) in [6, 6.07) is 11.4. The van der Waals surface area contributed by atoms with Gasteiger partial charge in [0.2, 0.25) is 5.78 Å². The van der Waals surface area contributed by atoms with Crippen molar-refractivity contribution in [1.82, 2.24) is 0 Å². The van der Waals surface area contributed by atoms with Crippen molar-refractivity contribution < 1.29 is 25.2 Å². The molecule has 1 aliphatic rings. The highest BCUT2D eigenvalue weighted by Gasteiger charge is 2.27. The second kappa shape index (κ2) is 13.2. The Morgan fingerprint density at radius 2 is 1.45 bits per heavy atom. The number of allylic oxidation sites excluding steroid dienone is 2. The zero-order valence-corrected chi connectivity index (χ0v) is 22.5. The van der Waals surface area contributed by atoms with Crippen LogP contribution in [0.1, 0.15) is 25.0 Å². The zero-order chi connectivity index (χ0) is 27.8. The molecule has 9 heteroatoms. The van der Waals surface area contributed by atoms with E-state index < -0.39 is 12.4 Å². The summed E-state index contributed by atoms with van der Waals surface area (Å²) in [5.74, 6) is -0.766. The number of ketones is 1. The fraction of sp³-hybridized carbons (Fsp3) is 0.379. The van der Waals surface area contributed by atoms with E-state index in [1.807, 2.05) is 73.9 Å². The van der Waals surface area contributed by atoms with Gasteiger partial charge >= 0.3 is 0 Å². The number of likely N-dealkylation sites (N-methyl/N-ethyl adjacent to an activating group) is 2. The van der Waals surface area contributed by atoms with Crippen molar-refractivity contribution >= 4 is 34.2 Å². The molecule has 5 N–H and O–H groups in total.